The summed E-state index contributed by atoms with van der Waals surface area (Å²) >= 11 is 0. The van der Waals surface area contributed by atoms with Gasteiger partial charge in [0.25, 0.3) is 0 Å². The molecular weight excluding hydrogens is 558 g/mol. The summed E-state index contributed by atoms with van der Waals surface area (Å²) in [5, 5.41) is 1.76. The average molecular weight is 608 g/mol. The van der Waals surface area contributed by atoms with E-state index in [1.54, 1.807) is 9.91 Å². The Hall–Kier alpha value is -3.79. The molecule has 0 aromatic heterocycles. The molecule has 1 aliphatic heterocycles. The highest BCUT2D eigenvalue weighted by molar-refractivity contribution is 5.93. The van der Waals surface area contributed by atoms with Crippen molar-refractivity contribution in [3.63, 3.8) is 0 Å². The SMILES string of the molecule is CCN(C(=O)NN1CN(CC(=O)OCC(C)C)Cc2c(OCCCC(=O)N(C)C3CCCCC3)cccc21)c1ccccc1. The highest BCUT2D eigenvalue weighted by Gasteiger charge is 2.29. The molecule has 240 valence electrons. The molecule has 1 fully saturated rings. The predicted octanol–water partition coefficient (Wildman–Crippen LogP) is 5.57. The topological polar surface area (TPSA) is 94.7 Å². The maximum Gasteiger partial charge on any atom is 0.340 e. The lowest BCUT2D eigenvalue weighted by molar-refractivity contribution is -0.146. The maximum absolute atomic E-state index is 13.5. The van der Waals surface area contributed by atoms with Crippen molar-refractivity contribution in [3.05, 3.63) is 54.1 Å². The third-order valence-corrected chi connectivity index (χ3v) is 8.22. The van der Waals surface area contributed by atoms with E-state index in [0.29, 0.717) is 57.6 Å². The number of para-hydroxylation sites is 1. The second-order valence-electron chi connectivity index (χ2n) is 12.1. The first-order valence-electron chi connectivity index (χ1n) is 16.1. The van der Waals surface area contributed by atoms with E-state index in [0.717, 1.165) is 29.8 Å². The van der Waals surface area contributed by atoms with Crippen LogP contribution in [0, 0.1) is 5.92 Å². The number of carbonyl (C=O) groups excluding carboxylic acids is 3. The molecule has 1 saturated carbocycles. The van der Waals surface area contributed by atoms with Crippen molar-refractivity contribution in [2.75, 3.05) is 49.9 Å². The van der Waals surface area contributed by atoms with Gasteiger partial charge in [0.15, 0.2) is 0 Å². The van der Waals surface area contributed by atoms with Crippen molar-refractivity contribution >= 4 is 29.3 Å². The molecule has 4 rings (SSSR count). The molecule has 1 heterocycles. The van der Waals surface area contributed by atoms with Crippen LogP contribution in [-0.2, 0) is 20.9 Å². The van der Waals surface area contributed by atoms with Gasteiger partial charge in [0.1, 0.15) is 5.75 Å². The van der Waals surface area contributed by atoms with Gasteiger partial charge in [-0.1, -0.05) is 57.4 Å². The number of carbonyl (C=O) groups is 3. The molecular formula is C34H49N5O5. The van der Waals surface area contributed by atoms with Gasteiger partial charge in [0.05, 0.1) is 32.1 Å². The number of anilines is 2. The molecule has 0 spiro atoms. The Labute approximate surface area is 262 Å². The van der Waals surface area contributed by atoms with Gasteiger partial charge in [-0.05, 0) is 56.4 Å². The molecule has 0 saturated heterocycles. The fourth-order valence-corrected chi connectivity index (χ4v) is 5.82. The van der Waals surface area contributed by atoms with Gasteiger partial charge in [0, 0.05) is 43.9 Å². The van der Waals surface area contributed by atoms with Gasteiger partial charge < -0.3 is 14.4 Å². The molecule has 1 aliphatic carbocycles. The van der Waals surface area contributed by atoms with Crippen molar-refractivity contribution < 1.29 is 23.9 Å². The van der Waals surface area contributed by atoms with Crippen molar-refractivity contribution in [1.82, 2.24) is 15.2 Å². The molecule has 10 heteroatoms. The Bertz CT molecular complexity index is 1230. The van der Waals surface area contributed by atoms with Crippen LogP contribution in [0.15, 0.2) is 48.5 Å². The van der Waals surface area contributed by atoms with Gasteiger partial charge in [-0.2, -0.15) is 0 Å². The number of hydrogen-bond donors (Lipinski definition) is 1. The summed E-state index contributed by atoms with van der Waals surface area (Å²) in [6, 6.07) is 15.3. The zero-order chi connectivity index (χ0) is 31.5. The Kier molecular flexibility index (Phi) is 12.3. The first kappa shape index (κ1) is 33.1. The zero-order valence-electron chi connectivity index (χ0n) is 26.8. The number of rotatable bonds is 13. The van der Waals surface area contributed by atoms with Gasteiger partial charge in [-0.25, -0.2) is 10.2 Å². The summed E-state index contributed by atoms with van der Waals surface area (Å²) in [7, 11) is 1.92. The second-order valence-corrected chi connectivity index (χ2v) is 12.1. The van der Waals surface area contributed by atoms with Gasteiger partial charge in [0.2, 0.25) is 5.91 Å². The van der Waals surface area contributed by atoms with Crippen LogP contribution < -0.4 is 20.1 Å². The summed E-state index contributed by atoms with van der Waals surface area (Å²) < 4.78 is 11.7. The van der Waals surface area contributed by atoms with E-state index in [1.165, 1.54) is 19.3 Å². The molecule has 10 nitrogen and oxygen atoms in total. The van der Waals surface area contributed by atoms with Gasteiger partial charge in [-0.15, -0.1) is 0 Å². The monoisotopic (exact) mass is 607 g/mol. The fraction of sp³-hybridized carbons (Fsp3) is 0.559. The van der Waals surface area contributed by atoms with Crippen LogP contribution in [0.1, 0.15) is 71.3 Å². The van der Waals surface area contributed by atoms with Crippen LogP contribution in [0.4, 0.5) is 16.2 Å². The molecule has 2 aliphatic rings. The van der Waals surface area contributed by atoms with Crippen molar-refractivity contribution in [3.8, 4) is 5.75 Å². The van der Waals surface area contributed by atoms with Crippen LogP contribution >= 0.6 is 0 Å². The lowest BCUT2D eigenvalue weighted by atomic mass is 9.94. The number of ether oxygens (including phenoxy) is 2. The Morgan fingerprint density at radius 1 is 1.02 bits per heavy atom. The summed E-state index contributed by atoms with van der Waals surface area (Å²) in [6.07, 6.45) is 6.86. The normalized spacial score (nSPS) is 15.4. The highest BCUT2D eigenvalue weighted by atomic mass is 16.5. The Morgan fingerprint density at radius 2 is 1.77 bits per heavy atom. The summed E-state index contributed by atoms with van der Waals surface area (Å²) in [4.78, 5) is 44.5. The van der Waals surface area contributed by atoms with E-state index in [9.17, 15) is 14.4 Å². The van der Waals surface area contributed by atoms with Gasteiger partial charge in [-0.3, -0.25) is 24.4 Å². The van der Waals surface area contributed by atoms with E-state index in [-0.39, 0.29) is 30.4 Å². The minimum Gasteiger partial charge on any atom is -0.493 e. The number of fused-ring (bicyclic) bond motifs is 1. The minimum atomic E-state index is -0.313. The van der Waals surface area contributed by atoms with Crippen LogP contribution in [-0.4, -0.2) is 73.8 Å². The molecule has 44 heavy (non-hydrogen) atoms. The quantitative estimate of drug-likeness (QED) is 0.235. The predicted molar refractivity (Wildman–Crippen MR) is 172 cm³/mol. The zero-order valence-corrected chi connectivity index (χ0v) is 26.8. The summed E-state index contributed by atoms with van der Waals surface area (Å²) in [6.45, 7) is 7.98. The Morgan fingerprint density at radius 3 is 2.48 bits per heavy atom. The first-order valence-corrected chi connectivity index (χ1v) is 16.1. The number of nitrogens with zero attached hydrogens (tertiary/aromatic N) is 4. The van der Waals surface area contributed by atoms with E-state index >= 15 is 0 Å². The largest absolute Gasteiger partial charge is 0.493 e. The van der Waals surface area contributed by atoms with Crippen LogP contribution in [0.3, 0.4) is 0 Å². The van der Waals surface area contributed by atoms with E-state index in [2.05, 4.69) is 5.43 Å². The molecule has 0 radical (unpaired) electrons. The number of nitrogens with one attached hydrogen (secondary N) is 1. The lowest BCUT2D eigenvalue weighted by Crippen LogP contribution is -2.56. The fourth-order valence-electron chi connectivity index (χ4n) is 5.82. The molecule has 0 bridgehead atoms. The van der Waals surface area contributed by atoms with Crippen molar-refractivity contribution in [2.24, 2.45) is 5.92 Å². The molecule has 1 N–H and O–H groups in total. The van der Waals surface area contributed by atoms with E-state index in [1.807, 2.05) is 86.1 Å². The van der Waals surface area contributed by atoms with E-state index < -0.39 is 0 Å². The van der Waals surface area contributed by atoms with E-state index in [4.69, 9.17) is 9.47 Å². The van der Waals surface area contributed by atoms with Crippen molar-refractivity contribution in [2.45, 2.75) is 78.3 Å². The number of amides is 3. The van der Waals surface area contributed by atoms with Crippen LogP contribution in [0.25, 0.3) is 0 Å². The van der Waals surface area contributed by atoms with Crippen LogP contribution in [0.5, 0.6) is 5.75 Å². The molecule has 0 atom stereocenters. The lowest BCUT2D eigenvalue weighted by Gasteiger charge is -2.39. The third kappa shape index (κ3) is 9.11. The molecule has 2 aromatic carbocycles. The minimum absolute atomic E-state index is 0.0744. The smallest absolute Gasteiger partial charge is 0.340 e. The summed E-state index contributed by atoms with van der Waals surface area (Å²) in [5.41, 5.74) is 5.51. The second kappa shape index (κ2) is 16.3. The molecule has 0 unspecified atom stereocenters. The highest BCUT2D eigenvalue weighted by Crippen LogP contribution is 2.34. The standard InChI is InChI=1S/C34H49N5O5/c1-5-38(28-16-10-7-11-17-28)34(42)35-39-25-37(23-33(41)44-24-26(2)3)22-29-30(39)18-12-19-31(29)43-21-13-20-32(40)36(4)27-14-8-6-9-15-27/h7,10-12,16-19,26-27H,5-6,8-9,13-15,20-25H2,1-4H3,(H,35,42). The number of benzene rings is 2. The number of hydrogen-bond acceptors (Lipinski definition) is 7. The number of hydrazine groups is 1. The summed E-state index contributed by atoms with van der Waals surface area (Å²) in [5.74, 6) is 0.760. The number of esters is 1. The molecule has 3 amide bonds. The number of urea groups is 1. The third-order valence-electron chi connectivity index (χ3n) is 8.22. The first-order chi connectivity index (χ1) is 21.3. The average Bonchev–Trinajstić information content (AvgIpc) is 3.03. The maximum atomic E-state index is 13.5. The van der Waals surface area contributed by atoms with Crippen molar-refractivity contribution in [1.29, 1.82) is 0 Å². The Balaban J connectivity index is 1.45. The van der Waals surface area contributed by atoms with Crippen LogP contribution in [0.2, 0.25) is 0 Å². The van der Waals surface area contributed by atoms with Gasteiger partial charge >= 0.3 is 12.0 Å². The molecule has 2 aromatic rings.